The van der Waals surface area contributed by atoms with Crippen molar-refractivity contribution in [2.75, 3.05) is 19.0 Å². The van der Waals surface area contributed by atoms with Crippen molar-refractivity contribution in [3.05, 3.63) is 23.3 Å². The first kappa shape index (κ1) is 18.8. The van der Waals surface area contributed by atoms with E-state index in [1.807, 2.05) is 12.1 Å². The molecule has 5 nitrogen and oxygen atoms in total. The topological polar surface area (TPSA) is 61.8 Å². The number of hydrogen-bond donors (Lipinski definition) is 0. The van der Waals surface area contributed by atoms with Crippen LogP contribution in [0.2, 0.25) is 0 Å². The lowest BCUT2D eigenvalue weighted by Crippen LogP contribution is -2.33. The molecule has 0 aromatic heterocycles. The molecule has 6 heteroatoms. The lowest BCUT2D eigenvalue weighted by atomic mass is 9.97. The number of carbonyl (C=O) groups is 2. The maximum absolute atomic E-state index is 12.1. The van der Waals surface area contributed by atoms with Crippen LogP contribution in [0.25, 0.3) is 0 Å². The van der Waals surface area contributed by atoms with E-state index >= 15 is 0 Å². The van der Waals surface area contributed by atoms with Crippen LogP contribution < -0.4 is 9.47 Å². The second kappa shape index (κ2) is 9.06. The van der Waals surface area contributed by atoms with Crippen LogP contribution in [0.4, 0.5) is 0 Å². The fourth-order valence-electron chi connectivity index (χ4n) is 2.73. The van der Waals surface area contributed by atoms with Gasteiger partial charge in [0.15, 0.2) is 11.9 Å². The number of fused-ring (bicyclic) bond motifs is 1. The molecule has 1 heterocycles. The van der Waals surface area contributed by atoms with Crippen molar-refractivity contribution in [3.63, 3.8) is 0 Å². The predicted octanol–water partition coefficient (Wildman–Crippen LogP) is 3.70. The molecule has 1 aromatic rings. The van der Waals surface area contributed by atoms with Gasteiger partial charge in [-0.1, -0.05) is 22.0 Å². The maximum Gasteiger partial charge on any atom is 0.347 e. The summed E-state index contributed by atoms with van der Waals surface area (Å²) >= 11 is 3.40. The Morgan fingerprint density at radius 1 is 1.29 bits per heavy atom. The quantitative estimate of drug-likeness (QED) is 0.289. The number of ether oxygens (including phenoxy) is 3. The Bertz CT molecular complexity index is 599. The van der Waals surface area contributed by atoms with Crippen LogP contribution in [0.3, 0.4) is 0 Å². The molecule has 1 unspecified atom stereocenters. The third-order valence-corrected chi connectivity index (χ3v) is 4.55. The summed E-state index contributed by atoms with van der Waals surface area (Å²) in [6.45, 7) is 2.03. The Morgan fingerprint density at radius 3 is 2.75 bits per heavy atom. The number of ketones is 1. The average Bonchev–Trinajstić information content (AvgIpc) is 2.59. The molecule has 1 aromatic carbocycles. The van der Waals surface area contributed by atoms with E-state index in [1.54, 1.807) is 0 Å². The van der Waals surface area contributed by atoms with Gasteiger partial charge in [0.05, 0.1) is 13.7 Å². The number of benzene rings is 1. The molecule has 0 radical (unpaired) electrons. The van der Waals surface area contributed by atoms with Crippen molar-refractivity contribution in [2.45, 2.75) is 45.1 Å². The zero-order chi connectivity index (χ0) is 17.5. The van der Waals surface area contributed by atoms with Gasteiger partial charge in [-0.3, -0.25) is 4.79 Å². The molecular weight excluding hydrogens is 376 g/mol. The molecule has 1 aliphatic rings. The standard InChI is InChI=1S/C18H23BrO5/c1-12(20)16-14(23-11-5-3-4-10-19)8-6-13-7-9-15(18(21)22-2)24-17(13)16/h6,8,15H,3-5,7,9-11H2,1-2H3. The normalized spacial score (nSPS) is 16.0. The number of methoxy groups -OCH3 is 1. The van der Waals surface area contributed by atoms with Crippen molar-refractivity contribution >= 4 is 27.7 Å². The van der Waals surface area contributed by atoms with Gasteiger partial charge in [-0.25, -0.2) is 4.79 Å². The second-order valence-corrected chi connectivity index (χ2v) is 6.54. The monoisotopic (exact) mass is 398 g/mol. The van der Waals surface area contributed by atoms with E-state index in [-0.39, 0.29) is 5.78 Å². The molecule has 0 N–H and O–H groups in total. The maximum atomic E-state index is 12.1. The minimum Gasteiger partial charge on any atom is -0.493 e. The summed E-state index contributed by atoms with van der Waals surface area (Å²) in [7, 11) is 1.33. The number of halogens is 1. The van der Waals surface area contributed by atoms with E-state index in [0.29, 0.717) is 36.5 Å². The fourth-order valence-corrected chi connectivity index (χ4v) is 3.13. The molecule has 0 saturated carbocycles. The molecule has 0 aliphatic carbocycles. The molecule has 1 aliphatic heterocycles. The van der Waals surface area contributed by atoms with Crippen LogP contribution in [0.15, 0.2) is 12.1 Å². The van der Waals surface area contributed by atoms with Gasteiger partial charge in [0.2, 0.25) is 0 Å². The zero-order valence-corrected chi connectivity index (χ0v) is 15.7. The van der Waals surface area contributed by atoms with Gasteiger partial charge in [0, 0.05) is 5.33 Å². The minimum absolute atomic E-state index is 0.132. The number of rotatable bonds is 8. The highest BCUT2D eigenvalue weighted by molar-refractivity contribution is 9.09. The van der Waals surface area contributed by atoms with Gasteiger partial charge in [0.25, 0.3) is 0 Å². The molecule has 0 saturated heterocycles. The molecule has 0 spiro atoms. The minimum atomic E-state index is -0.672. The van der Waals surface area contributed by atoms with Crippen LogP contribution in [0.1, 0.15) is 48.5 Å². The van der Waals surface area contributed by atoms with Gasteiger partial charge in [-0.15, -0.1) is 0 Å². The Hall–Kier alpha value is -1.56. The van der Waals surface area contributed by atoms with Gasteiger partial charge >= 0.3 is 5.97 Å². The van der Waals surface area contributed by atoms with Gasteiger partial charge in [-0.05, 0) is 50.7 Å². The summed E-state index contributed by atoms with van der Waals surface area (Å²) in [4.78, 5) is 23.9. The Balaban J connectivity index is 2.18. The first-order valence-corrected chi connectivity index (χ1v) is 9.30. The molecule has 2 rings (SSSR count). The van der Waals surface area contributed by atoms with E-state index in [2.05, 4.69) is 15.9 Å². The largest absolute Gasteiger partial charge is 0.493 e. The van der Waals surface area contributed by atoms with Crippen molar-refractivity contribution in [3.8, 4) is 11.5 Å². The van der Waals surface area contributed by atoms with Crippen LogP contribution in [0, 0.1) is 0 Å². The SMILES string of the molecule is COC(=O)C1CCc2ccc(OCCCCCBr)c(C(C)=O)c2O1. The van der Waals surface area contributed by atoms with Crippen molar-refractivity contribution in [1.82, 2.24) is 0 Å². The number of esters is 1. The number of alkyl halides is 1. The fraction of sp³-hybridized carbons (Fsp3) is 0.556. The molecule has 0 fully saturated rings. The summed E-state index contributed by atoms with van der Waals surface area (Å²) in [6, 6.07) is 3.73. The lowest BCUT2D eigenvalue weighted by molar-refractivity contribution is -0.149. The highest BCUT2D eigenvalue weighted by atomic mass is 79.9. The first-order valence-electron chi connectivity index (χ1n) is 8.18. The summed E-state index contributed by atoms with van der Waals surface area (Å²) in [5, 5.41) is 0.979. The summed E-state index contributed by atoms with van der Waals surface area (Å²) in [5.74, 6) is 0.428. The van der Waals surface area contributed by atoms with E-state index in [0.717, 1.165) is 30.2 Å². The summed E-state index contributed by atoms with van der Waals surface area (Å²) in [6.07, 6.45) is 3.62. The number of unbranched alkanes of at least 4 members (excludes halogenated alkanes) is 2. The highest BCUT2D eigenvalue weighted by Gasteiger charge is 2.31. The second-order valence-electron chi connectivity index (χ2n) is 5.75. The molecule has 24 heavy (non-hydrogen) atoms. The molecule has 132 valence electrons. The highest BCUT2D eigenvalue weighted by Crippen LogP contribution is 2.37. The Labute approximate surface area is 150 Å². The summed E-state index contributed by atoms with van der Waals surface area (Å²) in [5.41, 5.74) is 1.34. The molecule has 0 amide bonds. The van der Waals surface area contributed by atoms with Crippen molar-refractivity contribution < 1.29 is 23.8 Å². The van der Waals surface area contributed by atoms with Crippen LogP contribution >= 0.6 is 15.9 Å². The van der Waals surface area contributed by atoms with Gasteiger partial charge < -0.3 is 14.2 Å². The van der Waals surface area contributed by atoms with Crippen LogP contribution in [0.5, 0.6) is 11.5 Å². The number of carbonyl (C=O) groups excluding carboxylic acids is 2. The van der Waals surface area contributed by atoms with E-state index in [1.165, 1.54) is 14.0 Å². The number of aryl methyl sites for hydroxylation is 1. The molecule has 1 atom stereocenters. The number of Topliss-reactive ketones (excluding diaryl/α,β-unsaturated/α-hetero) is 1. The molecule has 0 bridgehead atoms. The first-order chi connectivity index (χ1) is 11.6. The third-order valence-electron chi connectivity index (χ3n) is 3.99. The Kier molecular flexibility index (Phi) is 7.09. The van der Waals surface area contributed by atoms with Crippen molar-refractivity contribution in [2.24, 2.45) is 0 Å². The lowest BCUT2D eigenvalue weighted by Gasteiger charge is -2.26. The van der Waals surface area contributed by atoms with E-state index in [4.69, 9.17) is 14.2 Å². The third kappa shape index (κ3) is 4.50. The Morgan fingerprint density at radius 2 is 2.08 bits per heavy atom. The van der Waals surface area contributed by atoms with Crippen LogP contribution in [-0.4, -0.2) is 36.9 Å². The van der Waals surface area contributed by atoms with Crippen molar-refractivity contribution in [1.29, 1.82) is 0 Å². The summed E-state index contributed by atoms with van der Waals surface area (Å²) < 4.78 is 16.3. The van der Waals surface area contributed by atoms with Gasteiger partial charge in [0.1, 0.15) is 17.1 Å². The van der Waals surface area contributed by atoms with Gasteiger partial charge in [-0.2, -0.15) is 0 Å². The van der Waals surface area contributed by atoms with E-state index < -0.39 is 12.1 Å². The smallest absolute Gasteiger partial charge is 0.347 e. The number of hydrogen-bond acceptors (Lipinski definition) is 5. The average molecular weight is 399 g/mol. The van der Waals surface area contributed by atoms with Crippen LogP contribution in [-0.2, 0) is 16.0 Å². The van der Waals surface area contributed by atoms with E-state index in [9.17, 15) is 9.59 Å². The zero-order valence-electron chi connectivity index (χ0n) is 14.1. The molecular formula is C18H23BrO5. The predicted molar refractivity (Wildman–Crippen MR) is 94.3 cm³/mol.